The van der Waals surface area contributed by atoms with Crippen LogP contribution >= 0.6 is 11.6 Å². The molecule has 116 valence electrons. The molecule has 0 aliphatic carbocycles. The van der Waals surface area contributed by atoms with Crippen molar-refractivity contribution in [2.24, 2.45) is 11.8 Å². The van der Waals surface area contributed by atoms with Gasteiger partial charge in [-0.15, -0.1) is 11.6 Å². The topological polar surface area (TPSA) is 97.4 Å². The van der Waals surface area contributed by atoms with E-state index < -0.39 is 25.7 Å². The van der Waals surface area contributed by atoms with Crippen LogP contribution in [0.2, 0.25) is 0 Å². The van der Waals surface area contributed by atoms with Crippen LogP contribution in [-0.4, -0.2) is 57.7 Å². The zero-order valence-corrected chi connectivity index (χ0v) is 13.3. The highest BCUT2D eigenvalue weighted by molar-refractivity contribution is 7.91. The van der Waals surface area contributed by atoms with Gasteiger partial charge in [-0.3, -0.25) is 4.79 Å². The minimum atomic E-state index is -3.08. The third kappa shape index (κ3) is 3.85. The maximum absolute atomic E-state index is 11.6. The predicted molar refractivity (Wildman–Crippen MR) is 76.2 cm³/mol. The molecule has 0 bridgehead atoms. The third-order valence-electron chi connectivity index (χ3n) is 4.00. The number of carbonyl (C=O) groups is 1. The maximum Gasteiger partial charge on any atom is 0.235 e. The van der Waals surface area contributed by atoms with Gasteiger partial charge in [0.05, 0.1) is 23.0 Å². The number of alkyl halides is 1. The van der Waals surface area contributed by atoms with Crippen LogP contribution in [0.4, 0.5) is 0 Å². The molecule has 0 unspecified atom stereocenters. The summed E-state index contributed by atoms with van der Waals surface area (Å²) in [5, 5.41) is 2.73. The molecule has 2 atom stereocenters. The van der Waals surface area contributed by atoms with Gasteiger partial charge in [0.25, 0.3) is 0 Å². The second-order valence-electron chi connectivity index (χ2n) is 5.55. The molecule has 2 saturated heterocycles. The van der Waals surface area contributed by atoms with Crippen LogP contribution in [0, 0.1) is 11.8 Å². The van der Waals surface area contributed by atoms with Crippen molar-refractivity contribution in [2.75, 3.05) is 28.9 Å². The SMILES string of the molecule is O=C(CCl)NC([C@@H]1CCS(=O)(=O)C1)[C@@H]1CCS(=O)(=O)C1. The van der Waals surface area contributed by atoms with E-state index in [0.29, 0.717) is 12.8 Å². The van der Waals surface area contributed by atoms with Crippen molar-refractivity contribution >= 4 is 37.2 Å². The van der Waals surface area contributed by atoms with Crippen LogP contribution in [0.5, 0.6) is 0 Å². The lowest BCUT2D eigenvalue weighted by Crippen LogP contribution is -2.46. The van der Waals surface area contributed by atoms with Crippen LogP contribution < -0.4 is 5.32 Å². The van der Waals surface area contributed by atoms with E-state index in [1.165, 1.54) is 0 Å². The standard InChI is InChI=1S/C11H18ClNO5S2/c12-5-10(14)13-11(8-1-3-19(15,16)6-8)9-2-4-20(17,18)7-9/h8-9,11H,1-7H2,(H,13,14)/t8-,9-/m1/s1. The first kappa shape index (κ1) is 16.0. The molecule has 0 aromatic rings. The van der Waals surface area contributed by atoms with Crippen molar-refractivity contribution in [2.45, 2.75) is 18.9 Å². The Bertz CT molecular complexity index is 542. The Labute approximate surface area is 124 Å². The van der Waals surface area contributed by atoms with Crippen LogP contribution in [0.15, 0.2) is 0 Å². The average Bonchev–Trinajstić information content (AvgIpc) is 2.88. The average molecular weight is 344 g/mol. The van der Waals surface area contributed by atoms with Gasteiger partial charge in [0, 0.05) is 6.04 Å². The minimum absolute atomic E-state index is 0.0107. The number of sulfone groups is 2. The lowest BCUT2D eigenvalue weighted by Gasteiger charge is -2.28. The third-order valence-corrected chi connectivity index (χ3v) is 7.83. The second-order valence-corrected chi connectivity index (χ2v) is 10.3. The molecule has 1 N–H and O–H groups in total. The van der Waals surface area contributed by atoms with Gasteiger partial charge in [0.2, 0.25) is 5.91 Å². The minimum Gasteiger partial charge on any atom is -0.352 e. The fourth-order valence-electron chi connectivity index (χ4n) is 3.06. The van der Waals surface area contributed by atoms with Gasteiger partial charge in [-0.05, 0) is 24.7 Å². The van der Waals surface area contributed by atoms with E-state index in [4.69, 9.17) is 11.6 Å². The van der Waals surface area contributed by atoms with E-state index in [1.807, 2.05) is 0 Å². The van der Waals surface area contributed by atoms with Gasteiger partial charge in [0.15, 0.2) is 19.7 Å². The van der Waals surface area contributed by atoms with Crippen LogP contribution in [0.25, 0.3) is 0 Å². The van der Waals surface area contributed by atoms with Gasteiger partial charge in [-0.1, -0.05) is 0 Å². The summed E-state index contributed by atoms with van der Waals surface area (Å²) < 4.78 is 46.3. The highest BCUT2D eigenvalue weighted by Gasteiger charge is 2.42. The summed E-state index contributed by atoms with van der Waals surface area (Å²) in [7, 11) is -6.15. The van der Waals surface area contributed by atoms with Crippen molar-refractivity contribution in [3.8, 4) is 0 Å². The fraction of sp³-hybridized carbons (Fsp3) is 0.909. The molecule has 0 aromatic heterocycles. The molecule has 0 spiro atoms. The van der Waals surface area contributed by atoms with Gasteiger partial charge < -0.3 is 5.32 Å². The first-order chi connectivity index (χ1) is 9.22. The Hall–Kier alpha value is -0.340. The summed E-state index contributed by atoms with van der Waals surface area (Å²) in [6, 6.07) is -0.421. The highest BCUT2D eigenvalue weighted by Crippen LogP contribution is 2.31. The van der Waals surface area contributed by atoms with E-state index in [2.05, 4.69) is 5.32 Å². The molecule has 0 aromatic carbocycles. The van der Waals surface area contributed by atoms with E-state index in [-0.39, 0.29) is 46.6 Å². The zero-order valence-electron chi connectivity index (χ0n) is 10.9. The Kier molecular flexibility index (Phi) is 4.66. The lowest BCUT2D eigenvalue weighted by atomic mass is 9.87. The quantitative estimate of drug-likeness (QED) is 0.699. The number of nitrogens with one attached hydrogen (secondary N) is 1. The summed E-state index contributed by atoms with van der Waals surface area (Å²) in [5.41, 5.74) is 0. The van der Waals surface area contributed by atoms with Crippen molar-refractivity contribution in [3.63, 3.8) is 0 Å². The van der Waals surface area contributed by atoms with Crippen LogP contribution in [0.3, 0.4) is 0 Å². The molecule has 2 heterocycles. The van der Waals surface area contributed by atoms with Crippen molar-refractivity contribution in [3.05, 3.63) is 0 Å². The zero-order chi connectivity index (χ0) is 15.0. The molecule has 20 heavy (non-hydrogen) atoms. The van der Waals surface area contributed by atoms with E-state index in [0.717, 1.165) is 0 Å². The first-order valence-electron chi connectivity index (χ1n) is 6.48. The van der Waals surface area contributed by atoms with E-state index in [1.54, 1.807) is 0 Å². The molecule has 6 nitrogen and oxygen atoms in total. The molecule has 9 heteroatoms. The molecule has 0 saturated carbocycles. The first-order valence-corrected chi connectivity index (χ1v) is 10.7. The van der Waals surface area contributed by atoms with Crippen molar-refractivity contribution in [1.29, 1.82) is 0 Å². The van der Waals surface area contributed by atoms with Crippen molar-refractivity contribution < 1.29 is 21.6 Å². The van der Waals surface area contributed by atoms with Crippen LogP contribution in [0.1, 0.15) is 12.8 Å². The Morgan fingerprint density at radius 1 is 1.05 bits per heavy atom. The Balaban J connectivity index is 2.15. The largest absolute Gasteiger partial charge is 0.352 e. The maximum atomic E-state index is 11.6. The Morgan fingerprint density at radius 2 is 1.50 bits per heavy atom. The summed E-state index contributed by atoms with van der Waals surface area (Å²) in [6.07, 6.45) is 0.929. The van der Waals surface area contributed by atoms with Gasteiger partial charge >= 0.3 is 0 Å². The number of amides is 1. The number of rotatable bonds is 4. The number of hydrogen-bond acceptors (Lipinski definition) is 5. The molecular formula is C11H18ClNO5S2. The molecule has 2 fully saturated rings. The summed E-state index contributed by atoms with van der Waals surface area (Å²) >= 11 is 5.47. The Morgan fingerprint density at radius 3 is 1.80 bits per heavy atom. The van der Waals surface area contributed by atoms with Gasteiger partial charge in [-0.2, -0.15) is 0 Å². The summed E-state index contributed by atoms with van der Waals surface area (Å²) in [4.78, 5) is 11.5. The van der Waals surface area contributed by atoms with Crippen molar-refractivity contribution in [1.82, 2.24) is 5.32 Å². The number of halogens is 1. The second kappa shape index (κ2) is 5.81. The molecular weight excluding hydrogens is 326 g/mol. The van der Waals surface area contributed by atoms with Crippen LogP contribution in [-0.2, 0) is 24.5 Å². The monoisotopic (exact) mass is 343 g/mol. The summed E-state index contributed by atoms with van der Waals surface area (Å²) in [6.45, 7) is 0. The predicted octanol–water partition coefficient (Wildman–Crippen LogP) is -0.421. The van der Waals surface area contributed by atoms with E-state index >= 15 is 0 Å². The molecule has 0 radical (unpaired) electrons. The number of carbonyl (C=O) groups excluding carboxylic acids is 1. The molecule has 2 aliphatic rings. The fourth-order valence-corrected chi connectivity index (χ4v) is 6.85. The number of hydrogen-bond donors (Lipinski definition) is 1. The lowest BCUT2D eigenvalue weighted by molar-refractivity contribution is -0.120. The van der Waals surface area contributed by atoms with E-state index in [9.17, 15) is 21.6 Å². The highest BCUT2D eigenvalue weighted by atomic mass is 35.5. The molecule has 2 aliphatic heterocycles. The molecule has 2 rings (SSSR count). The van der Waals surface area contributed by atoms with Gasteiger partial charge in [0.1, 0.15) is 5.88 Å². The summed E-state index contributed by atoms with van der Waals surface area (Å²) in [5.74, 6) is -0.807. The molecule has 1 amide bonds. The smallest absolute Gasteiger partial charge is 0.235 e. The normalized spacial score (nSPS) is 31.5. The van der Waals surface area contributed by atoms with Gasteiger partial charge in [-0.25, -0.2) is 16.8 Å².